The predicted octanol–water partition coefficient (Wildman–Crippen LogP) is 4.25. The van der Waals surface area contributed by atoms with Crippen LogP contribution >= 0.6 is 12.2 Å². The highest BCUT2D eigenvalue weighted by Gasteiger charge is 2.24. The zero-order valence-electron chi connectivity index (χ0n) is 15.7. The van der Waals surface area contributed by atoms with Crippen LogP contribution in [0.3, 0.4) is 0 Å². The number of thiocarbonyl (C=S) groups is 1. The van der Waals surface area contributed by atoms with E-state index < -0.39 is 0 Å². The first-order valence-corrected chi connectivity index (χ1v) is 9.99. The molecule has 0 radical (unpaired) electrons. The third-order valence-corrected chi connectivity index (χ3v) is 5.67. The lowest BCUT2D eigenvalue weighted by atomic mass is 10.1. The first kappa shape index (κ1) is 18.2. The summed E-state index contributed by atoms with van der Waals surface area (Å²) in [6, 6.07) is 4.96. The van der Waals surface area contributed by atoms with Gasteiger partial charge in [-0.05, 0) is 68.6 Å². The van der Waals surface area contributed by atoms with Crippen molar-refractivity contribution >= 4 is 28.4 Å². The van der Waals surface area contributed by atoms with E-state index in [0.717, 1.165) is 47.9 Å². The van der Waals surface area contributed by atoms with Gasteiger partial charge in [0.05, 0.1) is 11.0 Å². The Morgan fingerprint density at radius 3 is 2.72 bits per heavy atom. The summed E-state index contributed by atoms with van der Waals surface area (Å²) in [5.74, 6) is 1.06. The van der Waals surface area contributed by atoms with Gasteiger partial charge in [-0.2, -0.15) is 0 Å². The Labute approximate surface area is 156 Å². The summed E-state index contributed by atoms with van der Waals surface area (Å²) in [4.78, 5) is 10.7. The number of nitrogens with zero attached hydrogens (tertiary/aromatic N) is 2. The second kappa shape index (κ2) is 8.17. The molecule has 0 aliphatic heterocycles. The van der Waals surface area contributed by atoms with Gasteiger partial charge in [0, 0.05) is 25.6 Å². The number of imidazole rings is 1. The molecule has 1 saturated carbocycles. The first-order chi connectivity index (χ1) is 12.1. The summed E-state index contributed by atoms with van der Waals surface area (Å²) in [6.45, 7) is 8.34. The van der Waals surface area contributed by atoms with Crippen LogP contribution in [0, 0.1) is 13.8 Å². The van der Waals surface area contributed by atoms with Gasteiger partial charge in [0.1, 0.15) is 5.82 Å². The van der Waals surface area contributed by atoms with Crippen LogP contribution in [-0.4, -0.2) is 39.1 Å². The van der Waals surface area contributed by atoms with Crippen LogP contribution in [-0.2, 0) is 6.42 Å². The summed E-state index contributed by atoms with van der Waals surface area (Å²) >= 11 is 5.68. The van der Waals surface area contributed by atoms with Crippen molar-refractivity contribution in [3.8, 4) is 0 Å². The van der Waals surface area contributed by atoms with Crippen molar-refractivity contribution in [2.24, 2.45) is 0 Å². The highest BCUT2D eigenvalue weighted by molar-refractivity contribution is 7.80. The van der Waals surface area contributed by atoms with E-state index in [-0.39, 0.29) is 0 Å². The van der Waals surface area contributed by atoms with E-state index in [2.05, 4.69) is 48.1 Å². The lowest BCUT2D eigenvalue weighted by molar-refractivity contribution is 0.312. The molecule has 2 N–H and O–H groups in total. The molecule has 1 aliphatic rings. The van der Waals surface area contributed by atoms with Crippen LogP contribution in [0.25, 0.3) is 11.0 Å². The maximum absolute atomic E-state index is 5.68. The van der Waals surface area contributed by atoms with Gasteiger partial charge in [-0.25, -0.2) is 4.98 Å². The number of benzene rings is 1. The molecule has 0 unspecified atom stereocenters. The van der Waals surface area contributed by atoms with Crippen LogP contribution < -0.4 is 5.32 Å². The number of aromatic amines is 1. The minimum Gasteiger partial charge on any atom is -0.363 e. The Morgan fingerprint density at radius 2 is 2.00 bits per heavy atom. The minimum atomic E-state index is 0.589. The molecule has 1 aromatic carbocycles. The number of hydrogen-bond acceptors (Lipinski definition) is 2. The molecular weight excluding hydrogens is 328 g/mol. The van der Waals surface area contributed by atoms with E-state index >= 15 is 0 Å². The maximum Gasteiger partial charge on any atom is 0.169 e. The van der Waals surface area contributed by atoms with E-state index in [9.17, 15) is 0 Å². The quantitative estimate of drug-likeness (QED) is 0.758. The van der Waals surface area contributed by atoms with Crippen molar-refractivity contribution in [1.29, 1.82) is 0 Å². The van der Waals surface area contributed by atoms with Crippen molar-refractivity contribution in [2.45, 2.75) is 65.3 Å². The van der Waals surface area contributed by atoms with Crippen LogP contribution in [0.4, 0.5) is 0 Å². The molecule has 2 aromatic rings. The van der Waals surface area contributed by atoms with Crippen LogP contribution in [0.5, 0.6) is 0 Å². The van der Waals surface area contributed by atoms with E-state index in [1.165, 1.54) is 36.8 Å². The Hall–Kier alpha value is -1.62. The molecule has 0 bridgehead atoms. The second-order valence-corrected chi connectivity index (χ2v) is 7.64. The lowest BCUT2D eigenvalue weighted by Gasteiger charge is -2.31. The number of hydrogen-bond donors (Lipinski definition) is 2. The zero-order valence-corrected chi connectivity index (χ0v) is 16.5. The summed E-state index contributed by atoms with van der Waals surface area (Å²) in [5.41, 5.74) is 4.80. The SMILES string of the molecule is CCCNC(=S)N(CCc1nc2cc(C)c(C)cc2[nH]1)C1CCCC1. The van der Waals surface area contributed by atoms with Crippen molar-refractivity contribution in [1.82, 2.24) is 20.2 Å². The van der Waals surface area contributed by atoms with Crippen molar-refractivity contribution in [3.05, 3.63) is 29.1 Å². The lowest BCUT2D eigenvalue weighted by Crippen LogP contribution is -2.46. The molecule has 1 heterocycles. The minimum absolute atomic E-state index is 0.589. The highest BCUT2D eigenvalue weighted by Crippen LogP contribution is 2.24. The highest BCUT2D eigenvalue weighted by atomic mass is 32.1. The standard InChI is InChI=1S/C20H30N4S/c1-4-10-21-20(25)24(16-7-5-6-8-16)11-9-19-22-17-12-14(2)15(3)13-18(17)23-19/h12-13,16H,4-11H2,1-3H3,(H,21,25)(H,22,23). The van der Waals surface area contributed by atoms with E-state index in [1.54, 1.807) is 0 Å². The molecule has 4 nitrogen and oxygen atoms in total. The van der Waals surface area contributed by atoms with Crippen molar-refractivity contribution in [2.75, 3.05) is 13.1 Å². The molecule has 0 spiro atoms. The zero-order chi connectivity index (χ0) is 17.8. The number of aryl methyl sites for hydroxylation is 2. The second-order valence-electron chi connectivity index (χ2n) is 7.25. The molecule has 1 fully saturated rings. The number of nitrogens with one attached hydrogen (secondary N) is 2. The fraction of sp³-hybridized carbons (Fsp3) is 0.600. The molecule has 0 amide bonds. The molecule has 0 atom stereocenters. The van der Waals surface area contributed by atoms with Gasteiger partial charge in [-0.3, -0.25) is 0 Å². The molecule has 1 aromatic heterocycles. The fourth-order valence-corrected chi connectivity index (χ4v) is 4.01. The average molecular weight is 359 g/mol. The topological polar surface area (TPSA) is 44.0 Å². The Kier molecular flexibility index (Phi) is 5.94. The predicted molar refractivity (Wildman–Crippen MR) is 109 cm³/mol. The molecule has 25 heavy (non-hydrogen) atoms. The van der Waals surface area contributed by atoms with Gasteiger partial charge >= 0.3 is 0 Å². The number of H-pyrrole nitrogens is 1. The fourth-order valence-electron chi connectivity index (χ4n) is 3.67. The molecule has 3 rings (SSSR count). The van der Waals surface area contributed by atoms with Gasteiger partial charge in [-0.1, -0.05) is 19.8 Å². The average Bonchev–Trinajstić information content (AvgIpc) is 3.23. The van der Waals surface area contributed by atoms with Crippen LogP contribution in [0.2, 0.25) is 0 Å². The molecule has 1 aliphatic carbocycles. The smallest absolute Gasteiger partial charge is 0.169 e. The Balaban J connectivity index is 1.70. The third-order valence-electron chi connectivity index (χ3n) is 5.29. The molecular formula is C20H30N4S. The van der Waals surface area contributed by atoms with E-state index in [4.69, 9.17) is 17.2 Å². The van der Waals surface area contributed by atoms with Crippen molar-refractivity contribution < 1.29 is 0 Å². The monoisotopic (exact) mass is 358 g/mol. The Morgan fingerprint density at radius 1 is 1.28 bits per heavy atom. The normalized spacial score (nSPS) is 15.0. The maximum atomic E-state index is 5.68. The summed E-state index contributed by atoms with van der Waals surface area (Å²) in [7, 11) is 0. The largest absolute Gasteiger partial charge is 0.363 e. The van der Waals surface area contributed by atoms with E-state index in [1.807, 2.05) is 0 Å². The molecule has 0 saturated heterocycles. The summed E-state index contributed by atoms with van der Waals surface area (Å²) < 4.78 is 0. The Bertz CT molecular complexity index is 692. The van der Waals surface area contributed by atoms with Gasteiger partial charge in [0.2, 0.25) is 0 Å². The van der Waals surface area contributed by atoms with Gasteiger partial charge in [0.15, 0.2) is 5.11 Å². The number of fused-ring (bicyclic) bond motifs is 1. The first-order valence-electron chi connectivity index (χ1n) is 9.58. The number of rotatable bonds is 6. The van der Waals surface area contributed by atoms with Gasteiger partial charge < -0.3 is 15.2 Å². The van der Waals surface area contributed by atoms with Gasteiger partial charge in [-0.15, -0.1) is 0 Å². The molecule has 5 heteroatoms. The van der Waals surface area contributed by atoms with Gasteiger partial charge in [0.25, 0.3) is 0 Å². The summed E-state index contributed by atoms with van der Waals surface area (Å²) in [6.07, 6.45) is 7.15. The van der Waals surface area contributed by atoms with Crippen LogP contribution in [0.15, 0.2) is 12.1 Å². The summed E-state index contributed by atoms with van der Waals surface area (Å²) in [5, 5.41) is 4.33. The number of aromatic nitrogens is 2. The molecule has 136 valence electrons. The van der Waals surface area contributed by atoms with Crippen molar-refractivity contribution in [3.63, 3.8) is 0 Å². The van der Waals surface area contributed by atoms with E-state index in [0.29, 0.717) is 6.04 Å². The van der Waals surface area contributed by atoms with Crippen LogP contribution in [0.1, 0.15) is 56.0 Å². The third kappa shape index (κ3) is 4.32.